The molecule has 0 unspecified atom stereocenters. The number of amides is 1. The molecule has 0 heterocycles. The molecule has 0 saturated carbocycles. The summed E-state index contributed by atoms with van der Waals surface area (Å²) in [6.45, 7) is 8.35. The van der Waals surface area contributed by atoms with Gasteiger partial charge in [-0.15, -0.1) is 0 Å². The van der Waals surface area contributed by atoms with E-state index in [-0.39, 0.29) is 10.8 Å². The molecule has 0 aliphatic carbocycles. The first kappa shape index (κ1) is 20.1. The SMILES string of the molecule is Cc1ccc(S(=O)(=O)N[C@H](C(=O)O[C@@H](C)C(N)=O)C(C)C)cc1C. The van der Waals surface area contributed by atoms with E-state index in [9.17, 15) is 18.0 Å². The van der Waals surface area contributed by atoms with E-state index in [2.05, 4.69) is 4.72 Å². The van der Waals surface area contributed by atoms with Crippen LogP contribution in [0, 0.1) is 19.8 Å². The number of rotatable bonds is 7. The molecular formula is C16H24N2O5S. The van der Waals surface area contributed by atoms with Crippen LogP contribution in [-0.4, -0.2) is 32.4 Å². The molecule has 8 heteroatoms. The molecule has 0 spiro atoms. The summed E-state index contributed by atoms with van der Waals surface area (Å²) in [5.41, 5.74) is 6.84. The second kappa shape index (κ2) is 7.76. The molecule has 0 saturated heterocycles. The first-order valence-electron chi connectivity index (χ1n) is 7.55. The number of carbonyl (C=O) groups excluding carboxylic acids is 2. The van der Waals surface area contributed by atoms with Crippen LogP contribution < -0.4 is 10.5 Å². The zero-order valence-electron chi connectivity index (χ0n) is 14.5. The lowest BCUT2D eigenvalue weighted by atomic mass is 10.1. The summed E-state index contributed by atoms with van der Waals surface area (Å²) in [5.74, 6) is -2.02. The topological polar surface area (TPSA) is 116 Å². The molecule has 0 radical (unpaired) electrons. The molecule has 3 N–H and O–H groups in total. The largest absolute Gasteiger partial charge is 0.451 e. The molecule has 1 aromatic carbocycles. The summed E-state index contributed by atoms with van der Waals surface area (Å²) in [7, 11) is -3.91. The van der Waals surface area contributed by atoms with E-state index in [0.717, 1.165) is 11.1 Å². The van der Waals surface area contributed by atoms with E-state index in [1.807, 2.05) is 6.92 Å². The normalized spacial score (nSPS) is 14.2. The molecule has 134 valence electrons. The molecule has 0 aliphatic rings. The van der Waals surface area contributed by atoms with E-state index >= 15 is 0 Å². The molecular weight excluding hydrogens is 332 g/mol. The highest BCUT2D eigenvalue weighted by molar-refractivity contribution is 7.89. The predicted molar refractivity (Wildman–Crippen MR) is 89.6 cm³/mol. The molecule has 0 aliphatic heterocycles. The minimum atomic E-state index is -3.91. The van der Waals surface area contributed by atoms with Crippen molar-refractivity contribution in [3.8, 4) is 0 Å². The maximum Gasteiger partial charge on any atom is 0.325 e. The average molecular weight is 356 g/mol. The van der Waals surface area contributed by atoms with E-state index < -0.39 is 34.0 Å². The number of sulfonamides is 1. The Bertz CT molecular complexity index is 728. The number of ether oxygens (including phenoxy) is 1. The first-order chi connectivity index (χ1) is 11.0. The third kappa shape index (κ3) is 5.04. The van der Waals surface area contributed by atoms with Gasteiger partial charge >= 0.3 is 5.97 Å². The van der Waals surface area contributed by atoms with E-state index in [1.165, 1.54) is 19.1 Å². The second-order valence-corrected chi connectivity index (χ2v) is 7.78. The predicted octanol–water partition coefficient (Wildman–Crippen LogP) is 1.02. The van der Waals surface area contributed by atoms with Gasteiger partial charge < -0.3 is 10.5 Å². The smallest absolute Gasteiger partial charge is 0.325 e. The van der Waals surface area contributed by atoms with Crippen LogP contribution in [0.1, 0.15) is 31.9 Å². The van der Waals surface area contributed by atoms with E-state index in [0.29, 0.717) is 0 Å². The molecule has 7 nitrogen and oxygen atoms in total. The Labute approximate surface area is 142 Å². The Balaban J connectivity index is 3.04. The Morgan fingerprint density at radius 1 is 1.12 bits per heavy atom. The highest BCUT2D eigenvalue weighted by Gasteiger charge is 2.31. The van der Waals surface area contributed by atoms with Crippen molar-refractivity contribution in [2.75, 3.05) is 0 Å². The lowest BCUT2D eigenvalue weighted by molar-refractivity contribution is -0.156. The Hall–Kier alpha value is -1.93. The fraction of sp³-hybridized carbons (Fsp3) is 0.500. The van der Waals surface area contributed by atoms with Crippen LogP contribution >= 0.6 is 0 Å². The molecule has 1 amide bonds. The van der Waals surface area contributed by atoms with Crippen molar-refractivity contribution in [1.82, 2.24) is 4.72 Å². The summed E-state index contributed by atoms with van der Waals surface area (Å²) in [6.07, 6.45) is -1.13. The molecule has 0 fully saturated rings. The van der Waals surface area contributed by atoms with Gasteiger partial charge in [0, 0.05) is 0 Å². The van der Waals surface area contributed by atoms with Crippen molar-refractivity contribution in [2.45, 2.75) is 51.7 Å². The number of hydrogen-bond acceptors (Lipinski definition) is 5. The van der Waals surface area contributed by atoms with Crippen LogP contribution in [0.25, 0.3) is 0 Å². The lowest BCUT2D eigenvalue weighted by Crippen LogP contribution is -2.47. The average Bonchev–Trinajstić information content (AvgIpc) is 2.46. The monoisotopic (exact) mass is 356 g/mol. The summed E-state index contributed by atoms with van der Waals surface area (Å²) in [5, 5.41) is 0. The highest BCUT2D eigenvalue weighted by Crippen LogP contribution is 2.17. The van der Waals surface area contributed by atoms with Gasteiger partial charge in [0.2, 0.25) is 10.0 Å². The van der Waals surface area contributed by atoms with Gasteiger partial charge in [-0.05, 0) is 49.9 Å². The van der Waals surface area contributed by atoms with E-state index in [4.69, 9.17) is 10.5 Å². The van der Waals surface area contributed by atoms with Crippen LogP contribution in [0.15, 0.2) is 23.1 Å². The fourth-order valence-electron chi connectivity index (χ4n) is 1.88. The number of esters is 1. The number of primary amides is 1. The van der Waals surface area contributed by atoms with Crippen molar-refractivity contribution >= 4 is 21.9 Å². The first-order valence-corrected chi connectivity index (χ1v) is 9.03. The van der Waals surface area contributed by atoms with Crippen molar-refractivity contribution in [2.24, 2.45) is 11.7 Å². The summed E-state index contributed by atoms with van der Waals surface area (Å²) in [4.78, 5) is 23.2. The third-order valence-electron chi connectivity index (χ3n) is 3.68. The number of benzene rings is 1. The standard InChI is InChI=1S/C16H24N2O5S/c1-9(2)14(16(20)23-12(5)15(17)19)18-24(21,22)13-7-6-10(3)11(4)8-13/h6-9,12,14,18H,1-5H3,(H2,17,19)/t12-,14-/m0/s1. The van der Waals surface area contributed by atoms with Crippen LogP contribution in [0.5, 0.6) is 0 Å². The van der Waals surface area contributed by atoms with Gasteiger partial charge in [-0.1, -0.05) is 19.9 Å². The van der Waals surface area contributed by atoms with Crippen molar-refractivity contribution in [3.63, 3.8) is 0 Å². The van der Waals surface area contributed by atoms with Crippen molar-refractivity contribution < 1.29 is 22.7 Å². The number of hydrogen-bond donors (Lipinski definition) is 2. The van der Waals surface area contributed by atoms with Gasteiger partial charge in [-0.25, -0.2) is 8.42 Å². The summed E-state index contributed by atoms with van der Waals surface area (Å²) >= 11 is 0. The van der Waals surface area contributed by atoms with Crippen molar-refractivity contribution in [3.05, 3.63) is 29.3 Å². The van der Waals surface area contributed by atoms with Crippen LogP contribution in [0.3, 0.4) is 0 Å². The van der Waals surface area contributed by atoms with Gasteiger partial charge in [0.25, 0.3) is 5.91 Å². The van der Waals surface area contributed by atoms with Gasteiger partial charge in [-0.3, -0.25) is 9.59 Å². The summed E-state index contributed by atoms with van der Waals surface area (Å²) < 4.78 is 32.3. The van der Waals surface area contributed by atoms with Gasteiger partial charge in [0.1, 0.15) is 6.04 Å². The number of carbonyl (C=O) groups is 2. The third-order valence-corrected chi connectivity index (χ3v) is 5.12. The molecule has 2 atom stereocenters. The van der Waals surface area contributed by atoms with Crippen molar-refractivity contribution in [1.29, 1.82) is 0 Å². The lowest BCUT2D eigenvalue weighted by Gasteiger charge is -2.22. The number of nitrogens with one attached hydrogen (secondary N) is 1. The zero-order chi connectivity index (χ0) is 18.7. The second-order valence-electron chi connectivity index (χ2n) is 6.07. The molecule has 24 heavy (non-hydrogen) atoms. The zero-order valence-corrected chi connectivity index (χ0v) is 15.3. The quantitative estimate of drug-likeness (QED) is 0.708. The molecule has 1 aromatic rings. The maximum atomic E-state index is 12.5. The highest BCUT2D eigenvalue weighted by atomic mass is 32.2. The minimum Gasteiger partial charge on any atom is -0.451 e. The molecule has 0 aromatic heterocycles. The van der Waals surface area contributed by atoms with Crippen LogP contribution in [0.2, 0.25) is 0 Å². The van der Waals surface area contributed by atoms with E-state index in [1.54, 1.807) is 26.8 Å². The fourth-order valence-corrected chi connectivity index (χ4v) is 3.30. The number of aryl methyl sites for hydroxylation is 2. The summed E-state index contributed by atoms with van der Waals surface area (Å²) in [6, 6.07) is 3.58. The molecule has 1 rings (SSSR count). The van der Waals surface area contributed by atoms with Gasteiger partial charge in [0.05, 0.1) is 4.90 Å². The maximum absolute atomic E-state index is 12.5. The molecule has 0 bridgehead atoms. The minimum absolute atomic E-state index is 0.0620. The Morgan fingerprint density at radius 2 is 1.71 bits per heavy atom. The number of nitrogens with two attached hydrogens (primary N) is 1. The Morgan fingerprint density at radius 3 is 2.17 bits per heavy atom. The Kier molecular flexibility index (Phi) is 6.50. The van der Waals surface area contributed by atoms with Crippen LogP contribution in [-0.2, 0) is 24.3 Å². The van der Waals surface area contributed by atoms with Crippen LogP contribution in [0.4, 0.5) is 0 Å². The van der Waals surface area contributed by atoms with Gasteiger partial charge in [0.15, 0.2) is 6.10 Å². The van der Waals surface area contributed by atoms with Gasteiger partial charge in [-0.2, -0.15) is 4.72 Å².